The number of piperazine rings is 1. The average Bonchev–Trinajstić information content (AvgIpc) is 2.65. The van der Waals surface area contributed by atoms with Gasteiger partial charge in [-0.05, 0) is 32.4 Å². The maximum Gasteiger partial charge on any atom is 0.305 e. The summed E-state index contributed by atoms with van der Waals surface area (Å²) in [6, 6.07) is 6.00. The van der Waals surface area contributed by atoms with Crippen LogP contribution < -0.4 is 10.2 Å². The molecule has 1 saturated heterocycles. The number of hydrogen-bond acceptors (Lipinski definition) is 5. The van der Waals surface area contributed by atoms with Crippen LogP contribution in [0, 0.1) is 0 Å². The van der Waals surface area contributed by atoms with Crippen LogP contribution in [-0.4, -0.2) is 67.7 Å². The predicted molar refractivity (Wildman–Crippen MR) is 99.9 cm³/mol. The number of guanidine groups is 1. The minimum Gasteiger partial charge on any atom is -0.466 e. The monoisotopic (exact) mass is 347 g/mol. The molecule has 1 aromatic heterocycles. The average molecular weight is 347 g/mol. The van der Waals surface area contributed by atoms with E-state index in [0.717, 1.165) is 44.5 Å². The van der Waals surface area contributed by atoms with E-state index in [1.165, 1.54) is 0 Å². The number of pyridine rings is 1. The molecule has 2 heterocycles. The number of rotatable bonds is 7. The van der Waals surface area contributed by atoms with E-state index >= 15 is 0 Å². The minimum absolute atomic E-state index is 0.147. The van der Waals surface area contributed by atoms with E-state index in [0.29, 0.717) is 26.0 Å². The molecule has 7 nitrogen and oxygen atoms in total. The van der Waals surface area contributed by atoms with Crippen molar-refractivity contribution in [2.24, 2.45) is 4.99 Å². The molecule has 0 atom stereocenters. The van der Waals surface area contributed by atoms with Gasteiger partial charge in [0.05, 0.1) is 6.61 Å². The molecule has 0 aromatic carbocycles. The maximum atomic E-state index is 11.4. The third-order valence-corrected chi connectivity index (χ3v) is 3.99. The number of hydrogen-bond donors (Lipinski definition) is 1. The first-order valence-corrected chi connectivity index (χ1v) is 9.09. The number of aliphatic imine (C=N–C) groups is 1. The van der Waals surface area contributed by atoms with E-state index in [4.69, 9.17) is 4.74 Å². The van der Waals surface area contributed by atoms with Crippen molar-refractivity contribution < 1.29 is 9.53 Å². The Hall–Kier alpha value is -2.31. The Morgan fingerprint density at radius 3 is 2.72 bits per heavy atom. The Bertz CT molecular complexity index is 542. The number of esters is 1. The zero-order chi connectivity index (χ0) is 17.9. The summed E-state index contributed by atoms with van der Waals surface area (Å²) < 4.78 is 4.94. The summed E-state index contributed by atoms with van der Waals surface area (Å²) in [5.74, 6) is 1.80. The van der Waals surface area contributed by atoms with Crippen LogP contribution in [0.5, 0.6) is 0 Å². The largest absolute Gasteiger partial charge is 0.466 e. The Labute approximate surface area is 150 Å². The second kappa shape index (κ2) is 10.5. The molecule has 25 heavy (non-hydrogen) atoms. The molecule has 7 heteroatoms. The van der Waals surface area contributed by atoms with Crippen molar-refractivity contribution in [1.29, 1.82) is 0 Å². The first-order chi connectivity index (χ1) is 12.2. The van der Waals surface area contributed by atoms with Gasteiger partial charge < -0.3 is 19.9 Å². The molecule has 0 bridgehead atoms. The lowest BCUT2D eigenvalue weighted by atomic mass is 10.3. The number of anilines is 1. The van der Waals surface area contributed by atoms with E-state index in [1.54, 1.807) is 0 Å². The van der Waals surface area contributed by atoms with Crippen LogP contribution in [0.15, 0.2) is 29.4 Å². The highest BCUT2D eigenvalue weighted by molar-refractivity contribution is 5.80. The Morgan fingerprint density at radius 2 is 2.08 bits per heavy atom. The predicted octanol–water partition coefficient (Wildman–Crippen LogP) is 1.51. The van der Waals surface area contributed by atoms with Crippen LogP contribution in [0.25, 0.3) is 0 Å². The molecule has 1 aliphatic rings. The van der Waals surface area contributed by atoms with Gasteiger partial charge in [0.2, 0.25) is 0 Å². The third-order valence-electron chi connectivity index (χ3n) is 3.99. The zero-order valence-corrected chi connectivity index (χ0v) is 15.3. The van der Waals surface area contributed by atoms with E-state index in [2.05, 4.69) is 32.0 Å². The quantitative estimate of drug-likeness (QED) is 0.349. The minimum atomic E-state index is -0.147. The van der Waals surface area contributed by atoms with E-state index in [9.17, 15) is 4.79 Å². The normalized spacial score (nSPS) is 15.2. The number of carbonyl (C=O) groups excluding carboxylic acids is 1. The highest BCUT2D eigenvalue weighted by atomic mass is 16.5. The molecular weight excluding hydrogens is 318 g/mol. The third kappa shape index (κ3) is 6.25. The van der Waals surface area contributed by atoms with Crippen molar-refractivity contribution >= 4 is 17.7 Å². The molecule has 0 spiro atoms. The van der Waals surface area contributed by atoms with Crippen LogP contribution in [0.4, 0.5) is 5.82 Å². The Balaban J connectivity index is 1.82. The summed E-state index contributed by atoms with van der Waals surface area (Å²) in [6.07, 6.45) is 2.96. The first kappa shape index (κ1) is 19.0. The smallest absolute Gasteiger partial charge is 0.305 e. The zero-order valence-electron chi connectivity index (χ0n) is 15.3. The summed E-state index contributed by atoms with van der Waals surface area (Å²) >= 11 is 0. The fourth-order valence-corrected chi connectivity index (χ4v) is 2.76. The van der Waals surface area contributed by atoms with Gasteiger partial charge in [0, 0.05) is 51.9 Å². The van der Waals surface area contributed by atoms with Crippen LogP contribution in [-0.2, 0) is 9.53 Å². The summed E-state index contributed by atoms with van der Waals surface area (Å²) in [5, 5.41) is 3.35. The fourth-order valence-electron chi connectivity index (χ4n) is 2.76. The SMILES string of the molecule is CCNC(=NCCCC(=O)OCC)N1CCN(c2ccccn2)CC1. The van der Waals surface area contributed by atoms with Crippen LogP contribution in [0.3, 0.4) is 0 Å². The molecule has 1 aliphatic heterocycles. The van der Waals surface area contributed by atoms with Crippen molar-refractivity contribution in [3.05, 3.63) is 24.4 Å². The van der Waals surface area contributed by atoms with E-state index in [1.807, 2.05) is 31.3 Å². The van der Waals surface area contributed by atoms with Crippen LogP contribution in [0.2, 0.25) is 0 Å². The molecule has 1 N–H and O–H groups in total. The summed E-state index contributed by atoms with van der Waals surface area (Å²) in [4.78, 5) is 25.0. The maximum absolute atomic E-state index is 11.4. The number of carbonyl (C=O) groups is 1. The second-order valence-electron chi connectivity index (χ2n) is 5.81. The van der Waals surface area contributed by atoms with E-state index < -0.39 is 0 Å². The van der Waals surface area contributed by atoms with Gasteiger partial charge in [-0.3, -0.25) is 9.79 Å². The van der Waals surface area contributed by atoms with Gasteiger partial charge in [0.25, 0.3) is 0 Å². The van der Waals surface area contributed by atoms with Crippen molar-refractivity contribution in [2.45, 2.75) is 26.7 Å². The molecule has 0 radical (unpaired) electrons. The van der Waals surface area contributed by atoms with Gasteiger partial charge in [0.15, 0.2) is 5.96 Å². The lowest BCUT2D eigenvalue weighted by Gasteiger charge is -2.37. The van der Waals surface area contributed by atoms with Gasteiger partial charge in [-0.15, -0.1) is 0 Å². The molecular formula is C18H29N5O2. The van der Waals surface area contributed by atoms with Crippen molar-refractivity contribution in [3.63, 3.8) is 0 Å². The topological polar surface area (TPSA) is 70.1 Å². The highest BCUT2D eigenvalue weighted by Gasteiger charge is 2.20. The summed E-state index contributed by atoms with van der Waals surface area (Å²) in [6.45, 7) is 9.43. The molecule has 1 fully saturated rings. The number of nitrogens with zero attached hydrogens (tertiary/aromatic N) is 4. The van der Waals surface area contributed by atoms with Gasteiger partial charge >= 0.3 is 5.97 Å². The van der Waals surface area contributed by atoms with Crippen LogP contribution >= 0.6 is 0 Å². The first-order valence-electron chi connectivity index (χ1n) is 9.09. The lowest BCUT2D eigenvalue weighted by Crippen LogP contribution is -2.52. The lowest BCUT2D eigenvalue weighted by molar-refractivity contribution is -0.143. The Kier molecular flexibility index (Phi) is 8.01. The molecule has 138 valence electrons. The second-order valence-corrected chi connectivity index (χ2v) is 5.81. The standard InChI is InChI=1S/C18H29N5O2/c1-3-19-18(21-11-7-9-17(24)25-4-2)23-14-12-22(13-15-23)16-8-5-6-10-20-16/h5-6,8,10H,3-4,7,9,11-15H2,1-2H3,(H,19,21). The van der Waals surface area contributed by atoms with E-state index in [-0.39, 0.29) is 5.97 Å². The van der Waals surface area contributed by atoms with Crippen molar-refractivity contribution in [2.75, 3.05) is 50.8 Å². The van der Waals surface area contributed by atoms with Gasteiger partial charge in [-0.25, -0.2) is 4.98 Å². The molecule has 0 unspecified atom stereocenters. The molecule has 0 aliphatic carbocycles. The van der Waals surface area contributed by atoms with Gasteiger partial charge in [-0.2, -0.15) is 0 Å². The Morgan fingerprint density at radius 1 is 1.28 bits per heavy atom. The summed E-state index contributed by atoms with van der Waals surface area (Å²) in [7, 11) is 0. The molecule has 2 rings (SSSR count). The number of nitrogens with one attached hydrogen (secondary N) is 1. The van der Waals surface area contributed by atoms with Gasteiger partial charge in [0.1, 0.15) is 5.82 Å². The number of ether oxygens (including phenoxy) is 1. The molecule has 0 saturated carbocycles. The van der Waals surface area contributed by atoms with Crippen molar-refractivity contribution in [3.8, 4) is 0 Å². The number of aromatic nitrogens is 1. The highest BCUT2D eigenvalue weighted by Crippen LogP contribution is 2.12. The van der Waals surface area contributed by atoms with Crippen molar-refractivity contribution in [1.82, 2.24) is 15.2 Å². The fraction of sp³-hybridized carbons (Fsp3) is 0.611. The van der Waals surface area contributed by atoms with Crippen LogP contribution in [0.1, 0.15) is 26.7 Å². The molecule has 0 amide bonds. The summed E-state index contributed by atoms with van der Waals surface area (Å²) in [5.41, 5.74) is 0. The molecule has 1 aromatic rings. The van der Waals surface area contributed by atoms with Gasteiger partial charge in [-0.1, -0.05) is 6.07 Å².